The van der Waals surface area contributed by atoms with Crippen molar-refractivity contribution in [2.75, 3.05) is 6.54 Å². The lowest BCUT2D eigenvalue weighted by Gasteiger charge is -2.31. The van der Waals surface area contributed by atoms with Gasteiger partial charge in [-0.3, -0.25) is 9.59 Å². The summed E-state index contributed by atoms with van der Waals surface area (Å²) in [5, 5.41) is 17.0. The summed E-state index contributed by atoms with van der Waals surface area (Å²) in [6.07, 6.45) is 7.93. The average Bonchev–Trinajstić information content (AvgIpc) is 3.13. The topological polar surface area (TPSA) is 91.3 Å². The molecule has 0 atom stereocenters. The highest BCUT2D eigenvalue weighted by Gasteiger charge is 2.32. The molecule has 0 spiro atoms. The number of thiazole rings is 1. The van der Waals surface area contributed by atoms with Crippen molar-refractivity contribution in [2.45, 2.75) is 76.3 Å². The summed E-state index contributed by atoms with van der Waals surface area (Å²) in [5.41, 5.74) is 1.29. The highest BCUT2D eigenvalue weighted by molar-refractivity contribution is 7.11. The van der Waals surface area contributed by atoms with Crippen molar-refractivity contribution in [1.82, 2.24) is 15.6 Å². The zero-order valence-corrected chi connectivity index (χ0v) is 16.5. The summed E-state index contributed by atoms with van der Waals surface area (Å²) in [4.78, 5) is 29.9. The van der Waals surface area contributed by atoms with Gasteiger partial charge in [0.05, 0.1) is 16.6 Å². The molecule has 1 amide bonds. The van der Waals surface area contributed by atoms with Gasteiger partial charge >= 0.3 is 5.97 Å². The van der Waals surface area contributed by atoms with Gasteiger partial charge in [-0.05, 0) is 51.4 Å². The van der Waals surface area contributed by atoms with E-state index in [1.807, 2.05) is 11.3 Å². The largest absolute Gasteiger partial charge is 0.481 e. The van der Waals surface area contributed by atoms with Crippen LogP contribution in [0.5, 0.6) is 0 Å². The Bertz CT molecular complexity index is 665. The minimum Gasteiger partial charge on any atom is -0.481 e. The Hall–Kier alpha value is -1.47. The zero-order valence-electron chi connectivity index (χ0n) is 15.7. The molecule has 2 heterocycles. The van der Waals surface area contributed by atoms with Crippen LogP contribution in [0.3, 0.4) is 0 Å². The first-order valence-corrected chi connectivity index (χ1v) is 11.1. The van der Waals surface area contributed by atoms with E-state index in [9.17, 15) is 9.59 Å². The second-order valence-electron chi connectivity index (χ2n) is 8.29. The third kappa shape index (κ3) is 4.35. The van der Waals surface area contributed by atoms with Crippen molar-refractivity contribution in [3.05, 3.63) is 15.6 Å². The molecule has 2 saturated carbocycles. The number of aliphatic carboxylic acids is 1. The molecule has 148 valence electrons. The van der Waals surface area contributed by atoms with Crippen molar-refractivity contribution in [3.8, 4) is 0 Å². The van der Waals surface area contributed by atoms with Gasteiger partial charge in [0.15, 0.2) is 0 Å². The third-order valence-electron chi connectivity index (χ3n) is 6.49. The third-order valence-corrected chi connectivity index (χ3v) is 7.75. The molecular formula is C20H29N3O3S. The molecule has 2 fully saturated rings. The number of aromatic nitrogens is 1. The number of carboxylic acid groups (broad SMARTS) is 1. The smallest absolute Gasteiger partial charge is 0.306 e. The van der Waals surface area contributed by atoms with Crippen molar-refractivity contribution < 1.29 is 14.7 Å². The number of hydrogen-bond acceptors (Lipinski definition) is 5. The predicted octanol–water partition coefficient (Wildman–Crippen LogP) is 2.82. The number of hydrogen-bond donors (Lipinski definition) is 3. The molecule has 0 bridgehead atoms. The molecule has 0 saturated heterocycles. The molecule has 4 rings (SSSR count). The molecule has 0 radical (unpaired) electrons. The number of amides is 1. The Morgan fingerprint density at radius 2 is 1.74 bits per heavy atom. The van der Waals surface area contributed by atoms with Crippen LogP contribution < -0.4 is 10.6 Å². The maximum Gasteiger partial charge on any atom is 0.306 e. The second-order valence-corrected chi connectivity index (χ2v) is 9.41. The zero-order chi connectivity index (χ0) is 18.8. The maximum atomic E-state index is 12.6. The van der Waals surface area contributed by atoms with Crippen LogP contribution in [0.15, 0.2) is 0 Å². The molecule has 1 aromatic rings. The van der Waals surface area contributed by atoms with Gasteiger partial charge in [0, 0.05) is 42.3 Å². The summed E-state index contributed by atoms with van der Waals surface area (Å²) in [7, 11) is 0. The Morgan fingerprint density at radius 1 is 1.04 bits per heavy atom. The lowest BCUT2D eigenvalue weighted by molar-refractivity contribution is -0.144. The molecule has 2 aliphatic carbocycles. The van der Waals surface area contributed by atoms with Crippen molar-refractivity contribution >= 4 is 23.2 Å². The molecule has 1 aromatic heterocycles. The van der Waals surface area contributed by atoms with Crippen LogP contribution in [0.4, 0.5) is 0 Å². The summed E-state index contributed by atoms with van der Waals surface area (Å²) in [6.45, 7) is 1.99. The highest BCUT2D eigenvalue weighted by atomic mass is 32.1. The van der Waals surface area contributed by atoms with Crippen molar-refractivity contribution in [2.24, 2.45) is 11.8 Å². The van der Waals surface area contributed by atoms with E-state index in [4.69, 9.17) is 10.1 Å². The Morgan fingerprint density at radius 3 is 2.41 bits per heavy atom. The Kier molecular flexibility index (Phi) is 5.78. The summed E-state index contributed by atoms with van der Waals surface area (Å²) < 4.78 is 0. The minimum atomic E-state index is -0.716. The summed E-state index contributed by atoms with van der Waals surface area (Å²) >= 11 is 1.87. The SMILES string of the molecule is O=C(O)C1CCC(C(=O)NC2CCC(c3nc4c(s3)CNCC4)CC2)CC1. The van der Waals surface area contributed by atoms with Crippen LogP contribution in [-0.2, 0) is 22.6 Å². The van der Waals surface area contributed by atoms with Crippen LogP contribution in [0.1, 0.15) is 72.9 Å². The summed E-state index contributed by atoms with van der Waals surface area (Å²) in [5.74, 6) is -0.301. The van der Waals surface area contributed by atoms with Crippen LogP contribution in [0.25, 0.3) is 0 Å². The van der Waals surface area contributed by atoms with Gasteiger partial charge in [-0.1, -0.05) is 0 Å². The van der Waals surface area contributed by atoms with E-state index in [-0.39, 0.29) is 23.8 Å². The van der Waals surface area contributed by atoms with Crippen LogP contribution >= 0.6 is 11.3 Å². The van der Waals surface area contributed by atoms with E-state index in [0.717, 1.165) is 45.2 Å². The van der Waals surface area contributed by atoms with Gasteiger partial charge < -0.3 is 15.7 Å². The van der Waals surface area contributed by atoms with E-state index in [1.54, 1.807) is 0 Å². The van der Waals surface area contributed by atoms with E-state index in [2.05, 4.69) is 10.6 Å². The predicted molar refractivity (Wildman–Crippen MR) is 104 cm³/mol. The summed E-state index contributed by atoms with van der Waals surface area (Å²) in [6, 6.07) is 0.266. The number of nitrogens with one attached hydrogen (secondary N) is 2. The Labute approximate surface area is 164 Å². The van der Waals surface area contributed by atoms with E-state index in [1.165, 1.54) is 15.6 Å². The lowest BCUT2D eigenvalue weighted by Crippen LogP contribution is -2.42. The molecule has 3 aliphatic rings. The van der Waals surface area contributed by atoms with Gasteiger partial charge in [0.1, 0.15) is 0 Å². The number of nitrogens with zero attached hydrogens (tertiary/aromatic N) is 1. The molecule has 27 heavy (non-hydrogen) atoms. The average molecular weight is 392 g/mol. The van der Waals surface area contributed by atoms with Crippen molar-refractivity contribution in [3.63, 3.8) is 0 Å². The van der Waals surface area contributed by atoms with E-state index in [0.29, 0.717) is 31.6 Å². The van der Waals surface area contributed by atoms with Crippen molar-refractivity contribution in [1.29, 1.82) is 0 Å². The molecular weight excluding hydrogens is 362 g/mol. The molecule has 1 aliphatic heterocycles. The molecule has 0 aromatic carbocycles. The fourth-order valence-corrected chi connectivity index (χ4v) is 5.98. The van der Waals surface area contributed by atoms with Gasteiger partial charge in [-0.2, -0.15) is 0 Å². The number of carbonyl (C=O) groups excluding carboxylic acids is 1. The molecule has 0 unspecified atom stereocenters. The number of fused-ring (bicyclic) bond motifs is 1. The second kappa shape index (κ2) is 8.27. The van der Waals surface area contributed by atoms with Crippen LogP contribution in [0.2, 0.25) is 0 Å². The molecule has 7 heteroatoms. The highest BCUT2D eigenvalue weighted by Crippen LogP contribution is 2.37. The monoisotopic (exact) mass is 391 g/mol. The molecule has 3 N–H and O–H groups in total. The van der Waals surface area contributed by atoms with Gasteiger partial charge in [0.25, 0.3) is 0 Å². The van der Waals surface area contributed by atoms with E-state index >= 15 is 0 Å². The minimum absolute atomic E-state index is 0.00323. The standard InChI is InChI=1S/C20H29N3O3S/c24-18(12-1-3-14(4-2-12)20(25)26)22-15-7-5-13(6-8-15)19-23-16-9-10-21-11-17(16)27-19/h12-15,21H,1-11H2,(H,22,24)(H,25,26). The first-order chi connectivity index (χ1) is 13.1. The van der Waals surface area contributed by atoms with E-state index < -0.39 is 5.97 Å². The van der Waals surface area contributed by atoms with Gasteiger partial charge in [0.2, 0.25) is 5.91 Å². The fourth-order valence-electron chi connectivity index (χ4n) is 4.73. The van der Waals surface area contributed by atoms with Gasteiger partial charge in [-0.15, -0.1) is 11.3 Å². The van der Waals surface area contributed by atoms with Crippen LogP contribution in [-0.4, -0.2) is 34.6 Å². The number of carbonyl (C=O) groups is 2. The Balaban J connectivity index is 1.24. The first-order valence-electron chi connectivity index (χ1n) is 10.3. The lowest BCUT2D eigenvalue weighted by atomic mass is 9.81. The first kappa shape index (κ1) is 18.9. The fraction of sp³-hybridized carbons (Fsp3) is 0.750. The molecule has 6 nitrogen and oxygen atoms in total. The maximum absolute atomic E-state index is 12.6. The normalized spacial score (nSPS) is 31.1. The number of rotatable bonds is 4. The van der Waals surface area contributed by atoms with Crippen LogP contribution in [0, 0.1) is 11.8 Å². The van der Waals surface area contributed by atoms with Gasteiger partial charge in [-0.25, -0.2) is 4.98 Å². The number of carboxylic acids is 1. The quantitative estimate of drug-likeness (QED) is 0.734.